The summed E-state index contributed by atoms with van der Waals surface area (Å²) < 4.78 is 0. The summed E-state index contributed by atoms with van der Waals surface area (Å²) in [6.45, 7) is 6.10. The Bertz CT molecular complexity index is 922. The van der Waals surface area contributed by atoms with E-state index in [9.17, 15) is 4.79 Å². The second-order valence-corrected chi connectivity index (χ2v) is 7.86. The Morgan fingerprint density at radius 3 is 2.64 bits per heavy atom. The van der Waals surface area contributed by atoms with Gasteiger partial charge in [-0.15, -0.1) is 0 Å². The summed E-state index contributed by atoms with van der Waals surface area (Å²) in [5, 5.41) is 4.33. The molecule has 2 N–H and O–H groups in total. The quantitative estimate of drug-likeness (QED) is 0.650. The highest BCUT2D eigenvalue weighted by atomic mass is 16.1. The normalized spacial score (nSPS) is 15.8. The molecule has 4 nitrogen and oxygen atoms in total. The van der Waals surface area contributed by atoms with Crippen LogP contribution in [0.15, 0.2) is 54.7 Å². The number of rotatable bonds is 7. The van der Waals surface area contributed by atoms with E-state index < -0.39 is 0 Å². The summed E-state index contributed by atoms with van der Waals surface area (Å²) in [5.41, 5.74) is 4.72. The van der Waals surface area contributed by atoms with Gasteiger partial charge in [-0.2, -0.15) is 0 Å². The molecule has 28 heavy (non-hydrogen) atoms. The highest BCUT2D eigenvalue weighted by molar-refractivity contribution is 5.86. The Labute approximate surface area is 166 Å². The number of fused-ring (bicyclic) bond motifs is 1. The molecule has 1 saturated heterocycles. The van der Waals surface area contributed by atoms with Crippen LogP contribution in [0.4, 0.5) is 0 Å². The van der Waals surface area contributed by atoms with Crippen molar-refractivity contribution in [1.82, 2.24) is 15.2 Å². The summed E-state index contributed by atoms with van der Waals surface area (Å²) in [6.07, 6.45) is 5.09. The molecule has 1 unspecified atom stereocenters. The first-order valence-electron chi connectivity index (χ1n) is 10.3. The number of aromatic nitrogens is 1. The molecule has 0 bridgehead atoms. The number of nitrogens with one attached hydrogen (secondary N) is 2. The maximum Gasteiger partial charge on any atom is 0.220 e. The molecule has 1 aromatic heterocycles. The fourth-order valence-corrected chi connectivity index (χ4v) is 4.21. The number of nitrogens with zero attached hydrogens (tertiary/aromatic N) is 1. The van der Waals surface area contributed by atoms with Crippen molar-refractivity contribution in [3.63, 3.8) is 0 Å². The third-order valence-electron chi connectivity index (χ3n) is 5.81. The lowest BCUT2D eigenvalue weighted by Crippen LogP contribution is -2.34. The summed E-state index contributed by atoms with van der Waals surface area (Å²) in [7, 11) is 0. The van der Waals surface area contributed by atoms with Gasteiger partial charge >= 0.3 is 0 Å². The first kappa shape index (κ1) is 18.8. The number of carbonyl (C=O) groups excluding carboxylic acids is 1. The van der Waals surface area contributed by atoms with Crippen LogP contribution < -0.4 is 5.32 Å². The van der Waals surface area contributed by atoms with E-state index in [1.807, 2.05) is 6.07 Å². The van der Waals surface area contributed by atoms with Crippen molar-refractivity contribution in [1.29, 1.82) is 0 Å². The lowest BCUT2D eigenvalue weighted by molar-refractivity contribution is -0.121. The minimum Gasteiger partial charge on any atom is -0.361 e. The van der Waals surface area contributed by atoms with E-state index in [0.29, 0.717) is 6.42 Å². The maximum absolute atomic E-state index is 12.8. The highest BCUT2D eigenvalue weighted by Gasteiger charge is 2.21. The third kappa shape index (κ3) is 4.28. The first-order chi connectivity index (χ1) is 13.7. The Balaban J connectivity index is 1.51. The second-order valence-electron chi connectivity index (χ2n) is 7.86. The van der Waals surface area contributed by atoms with E-state index in [1.165, 1.54) is 34.9 Å². The van der Waals surface area contributed by atoms with Crippen molar-refractivity contribution in [2.45, 2.75) is 32.1 Å². The summed E-state index contributed by atoms with van der Waals surface area (Å²) in [5.74, 6) is 0.165. The molecule has 4 rings (SSSR count). The van der Waals surface area contributed by atoms with Gasteiger partial charge in [0.25, 0.3) is 0 Å². The molecule has 3 aromatic rings. The van der Waals surface area contributed by atoms with Crippen LogP contribution in [0.25, 0.3) is 10.9 Å². The molecule has 1 aliphatic rings. The average Bonchev–Trinajstić information content (AvgIpc) is 3.37. The Kier molecular flexibility index (Phi) is 5.77. The molecule has 0 aliphatic carbocycles. The van der Waals surface area contributed by atoms with Crippen molar-refractivity contribution in [2.75, 3.05) is 26.2 Å². The third-order valence-corrected chi connectivity index (χ3v) is 5.81. The number of likely N-dealkylation sites (tertiary alicyclic amines) is 1. The standard InChI is InChI=1S/C24H29N3O/c1-18-8-10-19(11-9-18)21(22-17-26-23-7-3-2-6-20(22)23)16-24(28)25-12-15-27-13-4-5-14-27/h2-3,6-11,17,21,26H,4-5,12-16H2,1H3,(H,25,28). The zero-order valence-corrected chi connectivity index (χ0v) is 16.6. The molecule has 1 amide bonds. The summed E-state index contributed by atoms with van der Waals surface area (Å²) in [6, 6.07) is 16.9. The molecule has 2 aromatic carbocycles. The van der Waals surface area contributed by atoms with E-state index in [0.717, 1.165) is 31.7 Å². The van der Waals surface area contributed by atoms with Crippen LogP contribution >= 0.6 is 0 Å². The van der Waals surface area contributed by atoms with Gasteiger partial charge in [-0.25, -0.2) is 0 Å². The monoisotopic (exact) mass is 375 g/mol. The smallest absolute Gasteiger partial charge is 0.220 e. The number of amides is 1. The van der Waals surface area contributed by atoms with Gasteiger partial charge in [-0.05, 0) is 50.0 Å². The first-order valence-corrected chi connectivity index (χ1v) is 10.3. The van der Waals surface area contributed by atoms with Gasteiger partial charge in [-0.1, -0.05) is 48.0 Å². The molecular formula is C24H29N3O. The Morgan fingerprint density at radius 2 is 1.86 bits per heavy atom. The molecule has 0 spiro atoms. The van der Waals surface area contributed by atoms with Gasteiger partial charge in [0.05, 0.1) is 0 Å². The number of para-hydroxylation sites is 1. The molecule has 146 valence electrons. The van der Waals surface area contributed by atoms with Crippen LogP contribution in [0.3, 0.4) is 0 Å². The van der Waals surface area contributed by atoms with E-state index in [1.54, 1.807) is 0 Å². The molecule has 0 saturated carbocycles. The van der Waals surface area contributed by atoms with E-state index >= 15 is 0 Å². The number of H-pyrrole nitrogens is 1. The number of aromatic amines is 1. The van der Waals surface area contributed by atoms with Crippen molar-refractivity contribution < 1.29 is 4.79 Å². The lowest BCUT2D eigenvalue weighted by atomic mass is 9.87. The molecule has 2 heterocycles. The molecule has 1 atom stereocenters. The summed E-state index contributed by atoms with van der Waals surface area (Å²) >= 11 is 0. The molecule has 1 aliphatic heterocycles. The van der Waals surface area contributed by atoms with Gasteiger partial charge in [0.15, 0.2) is 0 Å². The molecule has 1 fully saturated rings. The summed E-state index contributed by atoms with van der Waals surface area (Å²) in [4.78, 5) is 18.6. The van der Waals surface area contributed by atoms with Gasteiger partial charge in [0, 0.05) is 42.5 Å². The number of hydrogen-bond acceptors (Lipinski definition) is 2. The SMILES string of the molecule is Cc1ccc(C(CC(=O)NCCN2CCCC2)c2c[nH]c3ccccc23)cc1. The van der Waals surface area contributed by atoms with Crippen LogP contribution in [-0.2, 0) is 4.79 Å². The topological polar surface area (TPSA) is 48.1 Å². The predicted molar refractivity (Wildman–Crippen MR) is 115 cm³/mol. The van der Waals surface area contributed by atoms with E-state index in [-0.39, 0.29) is 11.8 Å². The van der Waals surface area contributed by atoms with Gasteiger partial charge in [0.2, 0.25) is 5.91 Å². The molecular weight excluding hydrogens is 346 g/mol. The van der Waals surface area contributed by atoms with Gasteiger partial charge in [-0.3, -0.25) is 4.79 Å². The number of benzene rings is 2. The average molecular weight is 376 g/mol. The Hall–Kier alpha value is -2.59. The maximum atomic E-state index is 12.8. The highest BCUT2D eigenvalue weighted by Crippen LogP contribution is 2.33. The van der Waals surface area contributed by atoms with Crippen LogP contribution in [0.2, 0.25) is 0 Å². The fourth-order valence-electron chi connectivity index (χ4n) is 4.21. The van der Waals surface area contributed by atoms with Crippen LogP contribution in [0, 0.1) is 6.92 Å². The zero-order chi connectivity index (χ0) is 19.3. The fraction of sp³-hybridized carbons (Fsp3) is 0.375. The van der Waals surface area contributed by atoms with Crippen LogP contribution in [-0.4, -0.2) is 42.0 Å². The minimum atomic E-state index is 0.0449. The minimum absolute atomic E-state index is 0.0449. The number of carbonyl (C=O) groups is 1. The predicted octanol–water partition coefficient (Wildman–Crippen LogP) is 4.21. The zero-order valence-electron chi connectivity index (χ0n) is 16.6. The van der Waals surface area contributed by atoms with Crippen LogP contribution in [0.1, 0.15) is 41.9 Å². The largest absolute Gasteiger partial charge is 0.361 e. The van der Waals surface area contributed by atoms with Crippen molar-refractivity contribution >= 4 is 16.8 Å². The second kappa shape index (κ2) is 8.61. The van der Waals surface area contributed by atoms with Crippen LogP contribution in [0.5, 0.6) is 0 Å². The molecule has 4 heteroatoms. The Morgan fingerprint density at radius 1 is 1.11 bits per heavy atom. The van der Waals surface area contributed by atoms with Gasteiger partial charge in [0.1, 0.15) is 0 Å². The van der Waals surface area contributed by atoms with Crippen molar-refractivity contribution in [3.8, 4) is 0 Å². The van der Waals surface area contributed by atoms with E-state index in [2.05, 4.69) is 70.8 Å². The number of aryl methyl sites for hydroxylation is 1. The van der Waals surface area contributed by atoms with E-state index in [4.69, 9.17) is 0 Å². The number of hydrogen-bond donors (Lipinski definition) is 2. The van der Waals surface area contributed by atoms with Gasteiger partial charge < -0.3 is 15.2 Å². The van der Waals surface area contributed by atoms with Crippen molar-refractivity contribution in [3.05, 3.63) is 71.4 Å². The lowest BCUT2D eigenvalue weighted by Gasteiger charge is -2.19. The van der Waals surface area contributed by atoms with Crippen molar-refractivity contribution in [2.24, 2.45) is 0 Å². The molecule has 0 radical (unpaired) electrons.